The molecule has 19 heavy (non-hydrogen) atoms. The molecule has 3 nitrogen and oxygen atoms in total. The minimum absolute atomic E-state index is 0. The van der Waals surface area contributed by atoms with Crippen LogP contribution in [-0.4, -0.2) is 37.0 Å². The third-order valence-corrected chi connectivity index (χ3v) is 4.36. The lowest BCUT2D eigenvalue weighted by Gasteiger charge is -2.33. The summed E-state index contributed by atoms with van der Waals surface area (Å²) >= 11 is 0. The van der Waals surface area contributed by atoms with E-state index in [2.05, 4.69) is 28.7 Å². The van der Waals surface area contributed by atoms with Gasteiger partial charge in [0.2, 0.25) is 0 Å². The molecule has 1 aliphatic carbocycles. The average Bonchev–Trinajstić information content (AvgIpc) is 2.79. The molecule has 0 unspecified atom stereocenters. The number of nitrogens with one attached hydrogen (secondary N) is 1. The molecule has 0 aromatic carbocycles. The fraction of sp³-hybridized carbons (Fsp3) is 0.800. The molecule has 1 saturated carbocycles. The van der Waals surface area contributed by atoms with Crippen LogP contribution in [0.1, 0.15) is 45.4 Å². The zero-order chi connectivity index (χ0) is 12.8. The summed E-state index contributed by atoms with van der Waals surface area (Å²) in [5.74, 6) is 1.08. The van der Waals surface area contributed by atoms with E-state index in [4.69, 9.17) is 0 Å². The Balaban J connectivity index is 0.00000180. The van der Waals surface area contributed by atoms with Crippen LogP contribution >= 0.6 is 24.0 Å². The second-order valence-electron chi connectivity index (χ2n) is 5.72. The Morgan fingerprint density at radius 3 is 2.68 bits per heavy atom. The lowest BCUT2D eigenvalue weighted by Crippen LogP contribution is -2.41. The molecule has 0 aromatic rings. The van der Waals surface area contributed by atoms with Gasteiger partial charge in [-0.3, -0.25) is 0 Å². The Morgan fingerprint density at radius 2 is 2.05 bits per heavy atom. The van der Waals surface area contributed by atoms with Crippen LogP contribution in [0.15, 0.2) is 17.6 Å². The van der Waals surface area contributed by atoms with Gasteiger partial charge >= 0.3 is 0 Å². The lowest BCUT2D eigenvalue weighted by atomic mass is 9.73. The van der Waals surface area contributed by atoms with Crippen LogP contribution < -0.4 is 5.32 Å². The van der Waals surface area contributed by atoms with Gasteiger partial charge in [0.05, 0.1) is 6.54 Å². The van der Waals surface area contributed by atoms with Gasteiger partial charge in [0.1, 0.15) is 0 Å². The van der Waals surface area contributed by atoms with Gasteiger partial charge in [0, 0.05) is 19.6 Å². The van der Waals surface area contributed by atoms with Crippen LogP contribution in [-0.2, 0) is 0 Å². The molecule has 1 aliphatic heterocycles. The molecule has 0 bridgehead atoms. The number of nitrogens with zero attached hydrogens (tertiary/aromatic N) is 2. The van der Waals surface area contributed by atoms with Crippen molar-refractivity contribution in [3.05, 3.63) is 12.7 Å². The number of hydrogen-bond acceptors (Lipinski definition) is 1. The standard InChI is InChI=1S/C15H27N3.HI/c1-3-11-17-14(16-4-2)18-12-10-15(13-18)8-6-5-7-9-15;/h3H,1,4-13H2,2H3,(H,16,17);1H. The molecule has 0 aromatic heterocycles. The predicted octanol–water partition coefficient (Wildman–Crippen LogP) is 3.41. The maximum absolute atomic E-state index is 4.61. The summed E-state index contributed by atoms with van der Waals surface area (Å²) in [6, 6.07) is 0. The molecular formula is C15H28IN3. The van der Waals surface area contributed by atoms with E-state index in [1.54, 1.807) is 0 Å². The molecule has 1 N–H and O–H groups in total. The van der Waals surface area contributed by atoms with E-state index < -0.39 is 0 Å². The maximum atomic E-state index is 4.61. The van der Waals surface area contributed by atoms with Crippen molar-refractivity contribution < 1.29 is 0 Å². The van der Waals surface area contributed by atoms with Gasteiger partial charge in [-0.25, -0.2) is 4.99 Å². The molecule has 1 heterocycles. The van der Waals surface area contributed by atoms with Gasteiger partial charge in [-0.2, -0.15) is 0 Å². The highest BCUT2D eigenvalue weighted by Gasteiger charge is 2.39. The fourth-order valence-corrected chi connectivity index (χ4v) is 3.40. The first-order valence-electron chi connectivity index (χ1n) is 7.44. The van der Waals surface area contributed by atoms with Gasteiger partial charge < -0.3 is 10.2 Å². The molecule has 4 heteroatoms. The van der Waals surface area contributed by atoms with Crippen molar-refractivity contribution in [3.63, 3.8) is 0 Å². The largest absolute Gasteiger partial charge is 0.357 e. The second-order valence-corrected chi connectivity index (χ2v) is 5.72. The maximum Gasteiger partial charge on any atom is 0.194 e. The first-order valence-corrected chi connectivity index (χ1v) is 7.44. The highest BCUT2D eigenvalue weighted by atomic mass is 127. The normalized spacial score (nSPS) is 22.2. The van der Waals surface area contributed by atoms with Gasteiger partial charge in [0.15, 0.2) is 5.96 Å². The van der Waals surface area contributed by atoms with Crippen molar-refractivity contribution in [2.75, 3.05) is 26.2 Å². The topological polar surface area (TPSA) is 27.6 Å². The molecule has 0 atom stereocenters. The number of guanidine groups is 1. The van der Waals surface area contributed by atoms with Crippen molar-refractivity contribution in [2.24, 2.45) is 10.4 Å². The van der Waals surface area contributed by atoms with E-state index in [1.165, 1.54) is 51.6 Å². The summed E-state index contributed by atoms with van der Waals surface area (Å²) < 4.78 is 0. The Bertz CT molecular complexity index is 309. The zero-order valence-electron chi connectivity index (χ0n) is 12.2. The number of rotatable bonds is 3. The molecule has 2 fully saturated rings. The van der Waals surface area contributed by atoms with E-state index in [1.807, 2.05) is 6.08 Å². The van der Waals surface area contributed by atoms with Crippen LogP contribution in [0.4, 0.5) is 0 Å². The molecule has 0 amide bonds. The highest BCUT2D eigenvalue weighted by Crippen LogP contribution is 2.43. The van der Waals surface area contributed by atoms with E-state index in [9.17, 15) is 0 Å². The molecule has 1 saturated heterocycles. The number of aliphatic imine (C=N–C) groups is 1. The van der Waals surface area contributed by atoms with Crippen LogP contribution in [0, 0.1) is 5.41 Å². The van der Waals surface area contributed by atoms with E-state index >= 15 is 0 Å². The Hall–Kier alpha value is -0.260. The summed E-state index contributed by atoms with van der Waals surface area (Å²) in [6.07, 6.45) is 10.3. The number of halogens is 1. The summed E-state index contributed by atoms with van der Waals surface area (Å²) in [7, 11) is 0. The Labute approximate surface area is 134 Å². The second kappa shape index (κ2) is 8.12. The first kappa shape index (κ1) is 16.8. The predicted molar refractivity (Wildman–Crippen MR) is 93.3 cm³/mol. The lowest BCUT2D eigenvalue weighted by molar-refractivity contribution is 0.203. The van der Waals surface area contributed by atoms with Crippen LogP contribution in [0.25, 0.3) is 0 Å². The third-order valence-electron chi connectivity index (χ3n) is 4.36. The molecule has 2 rings (SSSR count). The highest BCUT2D eigenvalue weighted by molar-refractivity contribution is 14.0. The van der Waals surface area contributed by atoms with Crippen molar-refractivity contribution in [1.82, 2.24) is 10.2 Å². The zero-order valence-corrected chi connectivity index (χ0v) is 14.5. The van der Waals surface area contributed by atoms with Crippen molar-refractivity contribution in [3.8, 4) is 0 Å². The van der Waals surface area contributed by atoms with Crippen molar-refractivity contribution in [1.29, 1.82) is 0 Å². The van der Waals surface area contributed by atoms with E-state index in [-0.39, 0.29) is 24.0 Å². The molecule has 110 valence electrons. The Kier molecular flexibility index (Phi) is 7.18. The number of likely N-dealkylation sites (tertiary alicyclic amines) is 1. The molecule has 2 aliphatic rings. The van der Waals surface area contributed by atoms with Crippen molar-refractivity contribution >= 4 is 29.9 Å². The summed E-state index contributed by atoms with van der Waals surface area (Å²) in [6.45, 7) is 9.92. The van der Waals surface area contributed by atoms with Crippen LogP contribution in [0.5, 0.6) is 0 Å². The fourth-order valence-electron chi connectivity index (χ4n) is 3.40. The number of hydrogen-bond donors (Lipinski definition) is 1. The summed E-state index contributed by atoms with van der Waals surface area (Å²) in [5, 5.41) is 3.41. The molecule has 0 radical (unpaired) electrons. The van der Waals surface area contributed by atoms with Gasteiger partial charge in [0.25, 0.3) is 0 Å². The van der Waals surface area contributed by atoms with Crippen LogP contribution in [0.2, 0.25) is 0 Å². The minimum Gasteiger partial charge on any atom is -0.357 e. The summed E-state index contributed by atoms with van der Waals surface area (Å²) in [4.78, 5) is 7.06. The van der Waals surface area contributed by atoms with Crippen molar-refractivity contribution in [2.45, 2.75) is 45.4 Å². The smallest absolute Gasteiger partial charge is 0.194 e. The first-order chi connectivity index (χ1) is 8.79. The molecule has 1 spiro atoms. The minimum atomic E-state index is 0. The third kappa shape index (κ3) is 4.36. The molecular weight excluding hydrogens is 349 g/mol. The average molecular weight is 377 g/mol. The van der Waals surface area contributed by atoms with Gasteiger partial charge in [-0.05, 0) is 31.6 Å². The van der Waals surface area contributed by atoms with Gasteiger partial charge in [-0.1, -0.05) is 25.3 Å². The quantitative estimate of drug-likeness (QED) is 0.353. The van der Waals surface area contributed by atoms with E-state index in [0.29, 0.717) is 12.0 Å². The monoisotopic (exact) mass is 377 g/mol. The summed E-state index contributed by atoms with van der Waals surface area (Å²) in [5.41, 5.74) is 0.600. The SMILES string of the molecule is C=CCN=C(NCC)N1CCC2(CCCCC2)C1.I. The van der Waals surface area contributed by atoms with E-state index in [0.717, 1.165) is 12.5 Å². The Morgan fingerprint density at radius 1 is 1.32 bits per heavy atom. The van der Waals surface area contributed by atoms with Gasteiger partial charge in [-0.15, -0.1) is 30.6 Å². The van der Waals surface area contributed by atoms with Crippen LogP contribution in [0.3, 0.4) is 0 Å².